The summed E-state index contributed by atoms with van der Waals surface area (Å²) in [5.41, 5.74) is 0. The highest BCUT2D eigenvalue weighted by atomic mass is 32.2. The summed E-state index contributed by atoms with van der Waals surface area (Å²) in [7, 11) is 0. The molecule has 0 unspecified atom stereocenters. The average Bonchev–Trinajstić information content (AvgIpc) is 3.30. The van der Waals surface area contributed by atoms with Gasteiger partial charge in [0.15, 0.2) is 6.61 Å². The van der Waals surface area contributed by atoms with Gasteiger partial charge in [-0.1, -0.05) is 19.8 Å². The minimum absolute atomic E-state index is 0.143. The zero-order chi connectivity index (χ0) is 19.4. The Morgan fingerprint density at radius 3 is 2.78 bits per heavy atom. The van der Waals surface area contributed by atoms with Gasteiger partial charge in [0.1, 0.15) is 17.2 Å². The summed E-state index contributed by atoms with van der Waals surface area (Å²) in [4.78, 5) is 38.2. The van der Waals surface area contributed by atoms with E-state index in [0.29, 0.717) is 17.4 Å². The van der Waals surface area contributed by atoms with Crippen LogP contribution in [0.5, 0.6) is 0 Å². The molecule has 7 nitrogen and oxygen atoms in total. The maximum absolute atomic E-state index is 12.5. The van der Waals surface area contributed by atoms with Gasteiger partial charge in [0.2, 0.25) is 5.91 Å². The van der Waals surface area contributed by atoms with Crippen molar-refractivity contribution in [2.45, 2.75) is 57.0 Å². The van der Waals surface area contributed by atoms with Crippen LogP contribution >= 0.6 is 11.8 Å². The third-order valence-corrected chi connectivity index (χ3v) is 6.51. The maximum Gasteiger partial charge on any atom is 0.330 e. The normalized spacial score (nSPS) is 28.0. The molecule has 2 fully saturated rings. The number of hydrogen-bond donors (Lipinski definition) is 1. The van der Waals surface area contributed by atoms with Crippen LogP contribution in [0.1, 0.15) is 50.7 Å². The third-order valence-electron chi connectivity index (χ3n) is 5.23. The van der Waals surface area contributed by atoms with Gasteiger partial charge in [0.05, 0.1) is 6.26 Å². The number of nitrogens with one attached hydrogen (secondary N) is 1. The predicted octanol–water partition coefficient (Wildman–Crippen LogP) is 2.48. The Hall–Kier alpha value is -1.96. The molecule has 1 aromatic heterocycles. The number of esters is 1. The van der Waals surface area contributed by atoms with Crippen molar-refractivity contribution in [2.75, 3.05) is 12.4 Å². The van der Waals surface area contributed by atoms with E-state index in [4.69, 9.17) is 9.15 Å². The zero-order valence-corrected chi connectivity index (χ0v) is 16.5. The topological polar surface area (TPSA) is 88.8 Å². The van der Waals surface area contributed by atoms with E-state index >= 15 is 0 Å². The van der Waals surface area contributed by atoms with Crippen LogP contribution in [0, 0.1) is 5.92 Å². The molecule has 1 saturated heterocycles. The minimum Gasteiger partial charge on any atom is -0.466 e. The highest BCUT2D eigenvalue weighted by Gasteiger charge is 2.43. The molecule has 1 N–H and O–H groups in total. The monoisotopic (exact) mass is 394 g/mol. The number of hydrogen-bond acceptors (Lipinski definition) is 6. The lowest BCUT2D eigenvalue weighted by Gasteiger charge is -2.29. The largest absolute Gasteiger partial charge is 0.466 e. The van der Waals surface area contributed by atoms with Crippen LogP contribution in [-0.2, 0) is 19.1 Å². The molecule has 148 valence electrons. The zero-order valence-electron chi connectivity index (χ0n) is 15.7. The number of furan rings is 1. The standard InChI is InChI=1S/C19H26N2O5S/c1-12-6-3-4-7-14(12)20-17(23)10-26-19(24)15-11-27-18(21(15)13(2)22)16-8-5-9-25-16/h5,8-9,12,14-15,18H,3-4,6-7,10-11H2,1-2H3,(H,20,23)/t12-,14-,15+,18-/m1/s1. The van der Waals surface area contributed by atoms with Crippen LogP contribution in [-0.4, -0.2) is 47.1 Å². The molecule has 27 heavy (non-hydrogen) atoms. The summed E-state index contributed by atoms with van der Waals surface area (Å²) >= 11 is 1.45. The Labute approximate surface area is 163 Å². The molecular formula is C19H26N2O5S. The van der Waals surface area contributed by atoms with Crippen molar-refractivity contribution in [3.05, 3.63) is 24.2 Å². The van der Waals surface area contributed by atoms with Gasteiger partial charge in [0, 0.05) is 18.7 Å². The Morgan fingerprint density at radius 1 is 1.33 bits per heavy atom. The van der Waals surface area contributed by atoms with Crippen molar-refractivity contribution >= 4 is 29.5 Å². The first kappa shape index (κ1) is 19.8. The lowest BCUT2D eigenvalue weighted by molar-refractivity contribution is -0.156. The molecule has 0 aromatic carbocycles. The minimum atomic E-state index is -0.719. The predicted molar refractivity (Wildman–Crippen MR) is 101 cm³/mol. The van der Waals surface area contributed by atoms with Gasteiger partial charge in [-0.05, 0) is 30.9 Å². The molecule has 8 heteroatoms. The molecule has 0 radical (unpaired) electrons. The van der Waals surface area contributed by atoms with Gasteiger partial charge < -0.3 is 19.4 Å². The van der Waals surface area contributed by atoms with Gasteiger partial charge in [-0.25, -0.2) is 4.79 Å². The Morgan fingerprint density at radius 2 is 2.11 bits per heavy atom. The maximum atomic E-state index is 12.5. The molecule has 2 heterocycles. The van der Waals surface area contributed by atoms with E-state index in [1.165, 1.54) is 36.3 Å². The first-order valence-electron chi connectivity index (χ1n) is 9.37. The summed E-state index contributed by atoms with van der Waals surface area (Å²) in [6, 6.07) is 2.95. The third kappa shape index (κ3) is 4.66. The van der Waals surface area contributed by atoms with Gasteiger partial charge >= 0.3 is 5.97 Å². The van der Waals surface area contributed by atoms with Crippen LogP contribution in [0.25, 0.3) is 0 Å². The van der Waals surface area contributed by atoms with Crippen molar-refractivity contribution in [2.24, 2.45) is 5.92 Å². The summed E-state index contributed by atoms with van der Waals surface area (Å²) in [5, 5.41) is 2.61. The molecule has 1 aliphatic heterocycles. The number of amides is 2. The van der Waals surface area contributed by atoms with E-state index in [1.807, 2.05) is 0 Å². The second-order valence-electron chi connectivity index (χ2n) is 7.19. The smallest absolute Gasteiger partial charge is 0.330 e. The SMILES string of the molecule is CC(=O)N1[C@@H](c2ccco2)SC[C@H]1C(=O)OCC(=O)N[C@@H]1CCCC[C@H]1C. The Balaban J connectivity index is 1.54. The van der Waals surface area contributed by atoms with E-state index < -0.39 is 12.0 Å². The van der Waals surface area contributed by atoms with Crippen molar-refractivity contribution in [3.8, 4) is 0 Å². The van der Waals surface area contributed by atoms with Gasteiger partial charge in [0.25, 0.3) is 5.91 Å². The second kappa shape index (κ2) is 8.82. The van der Waals surface area contributed by atoms with Crippen molar-refractivity contribution in [3.63, 3.8) is 0 Å². The highest BCUT2D eigenvalue weighted by Crippen LogP contribution is 2.41. The van der Waals surface area contributed by atoms with Crippen LogP contribution in [0.15, 0.2) is 22.8 Å². The van der Waals surface area contributed by atoms with E-state index in [9.17, 15) is 14.4 Å². The number of carbonyl (C=O) groups is 3. The fourth-order valence-electron chi connectivity index (χ4n) is 3.74. The molecule has 1 saturated carbocycles. The molecule has 4 atom stereocenters. The van der Waals surface area contributed by atoms with E-state index in [-0.39, 0.29) is 29.8 Å². The van der Waals surface area contributed by atoms with Crippen LogP contribution in [0.2, 0.25) is 0 Å². The summed E-state index contributed by atoms with van der Waals surface area (Å²) < 4.78 is 10.6. The molecule has 1 aromatic rings. The number of nitrogens with zero attached hydrogens (tertiary/aromatic N) is 1. The van der Waals surface area contributed by atoms with Crippen molar-refractivity contribution in [1.29, 1.82) is 0 Å². The fraction of sp³-hybridized carbons (Fsp3) is 0.632. The number of ether oxygens (including phenoxy) is 1. The molecule has 0 bridgehead atoms. The van der Waals surface area contributed by atoms with Gasteiger partial charge in [-0.2, -0.15) is 0 Å². The number of carbonyl (C=O) groups excluding carboxylic acids is 3. The lowest BCUT2D eigenvalue weighted by atomic mass is 9.86. The average molecular weight is 394 g/mol. The summed E-state index contributed by atoms with van der Waals surface area (Å²) in [6.07, 6.45) is 5.90. The highest BCUT2D eigenvalue weighted by molar-refractivity contribution is 7.99. The molecule has 0 spiro atoms. The van der Waals surface area contributed by atoms with Crippen LogP contribution in [0.4, 0.5) is 0 Å². The first-order valence-corrected chi connectivity index (χ1v) is 10.4. The quantitative estimate of drug-likeness (QED) is 0.772. The Bertz CT molecular complexity index is 678. The van der Waals surface area contributed by atoms with E-state index in [0.717, 1.165) is 19.3 Å². The molecule has 2 aliphatic rings. The second-order valence-corrected chi connectivity index (χ2v) is 8.30. The number of thioether (sulfide) groups is 1. The number of rotatable bonds is 5. The van der Waals surface area contributed by atoms with Gasteiger partial charge in [-0.3, -0.25) is 9.59 Å². The molecule has 1 aliphatic carbocycles. The van der Waals surface area contributed by atoms with Gasteiger partial charge in [-0.15, -0.1) is 11.8 Å². The van der Waals surface area contributed by atoms with Crippen LogP contribution < -0.4 is 5.32 Å². The lowest BCUT2D eigenvalue weighted by Crippen LogP contribution is -2.45. The van der Waals surface area contributed by atoms with Crippen LogP contribution in [0.3, 0.4) is 0 Å². The fourth-order valence-corrected chi connectivity index (χ4v) is 5.15. The molecular weight excluding hydrogens is 368 g/mol. The first-order chi connectivity index (χ1) is 13.0. The summed E-state index contributed by atoms with van der Waals surface area (Å²) in [5.74, 6) is 0.388. The summed E-state index contributed by atoms with van der Waals surface area (Å²) in [6.45, 7) is 3.23. The van der Waals surface area contributed by atoms with E-state index in [1.54, 1.807) is 12.1 Å². The Kier molecular flexibility index (Phi) is 6.46. The molecule has 3 rings (SSSR count). The van der Waals surface area contributed by atoms with E-state index in [2.05, 4.69) is 12.2 Å². The molecule has 2 amide bonds. The van der Waals surface area contributed by atoms with Crippen molar-refractivity contribution in [1.82, 2.24) is 10.2 Å². The van der Waals surface area contributed by atoms with Crippen molar-refractivity contribution < 1.29 is 23.5 Å².